The molecule has 0 aliphatic carbocycles. The molecule has 0 saturated carbocycles. The highest BCUT2D eigenvalue weighted by Gasteiger charge is 2.26. The zero-order valence-corrected chi connectivity index (χ0v) is 13.2. The first-order valence-electron chi connectivity index (χ1n) is 7.59. The number of hydrogen-bond acceptors (Lipinski definition) is 3. The molecule has 0 unspecified atom stereocenters. The number of carbonyl (C=O) groups is 1. The maximum absolute atomic E-state index is 12.6. The van der Waals surface area contributed by atoms with Gasteiger partial charge in [0.2, 0.25) is 5.91 Å². The van der Waals surface area contributed by atoms with Crippen LogP contribution in [0.15, 0.2) is 36.4 Å². The monoisotopic (exact) mass is 310 g/mol. The lowest BCUT2D eigenvalue weighted by Crippen LogP contribution is -2.30. The summed E-state index contributed by atoms with van der Waals surface area (Å²) in [6, 6.07) is 10.8. The lowest BCUT2D eigenvalue weighted by atomic mass is 10.0. The Hall–Kier alpha value is -2.69. The standard InChI is InChI=1S/C18H18N2O3/c1-12-3-4-14(9-13(12)2)10-18(21)19-8-7-15-11-16(20(22)23)5-6-17(15)19/h3-6,9,11H,7-8,10H2,1-2H3. The second-order valence-electron chi connectivity index (χ2n) is 5.96. The molecular formula is C18H18N2O3. The van der Waals surface area contributed by atoms with E-state index in [-0.39, 0.29) is 11.6 Å². The third-order valence-corrected chi connectivity index (χ3v) is 4.40. The number of anilines is 1. The van der Waals surface area contributed by atoms with E-state index in [1.165, 1.54) is 17.2 Å². The lowest BCUT2D eigenvalue weighted by Gasteiger charge is -2.17. The highest BCUT2D eigenvalue weighted by Crippen LogP contribution is 2.31. The molecule has 2 aromatic carbocycles. The molecule has 0 bridgehead atoms. The van der Waals surface area contributed by atoms with Crippen molar-refractivity contribution in [2.45, 2.75) is 26.7 Å². The largest absolute Gasteiger partial charge is 0.312 e. The summed E-state index contributed by atoms with van der Waals surface area (Å²) in [6.07, 6.45) is 1.01. The van der Waals surface area contributed by atoms with Crippen LogP contribution in [0.3, 0.4) is 0 Å². The number of fused-ring (bicyclic) bond motifs is 1. The number of non-ortho nitro benzene ring substituents is 1. The van der Waals surface area contributed by atoms with Crippen LogP contribution < -0.4 is 4.90 Å². The summed E-state index contributed by atoms with van der Waals surface area (Å²) in [6.45, 7) is 4.67. The van der Waals surface area contributed by atoms with Gasteiger partial charge in [0, 0.05) is 24.4 Å². The SMILES string of the molecule is Cc1ccc(CC(=O)N2CCc3cc([N+](=O)[O-])ccc32)cc1C. The first kappa shape index (κ1) is 15.2. The molecule has 0 saturated heterocycles. The van der Waals surface area contributed by atoms with Crippen LogP contribution in [0.25, 0.3) is 0 Å². The number of rotatable bonds is 3. The maximum Gasteiger partial charge on any atom is 0.269 e. The first-order valence-corrected chi connectivity index (χ1v) is 7.59. The van der Waals surface area contributed by atoms with Crippen LogP contribution in [0.1, 0.15) is 22.3 Å². The van der Waals surface area contributed by atoms with Crippen LogP contribution in [0.5, 0.6) is 0 Å². The molecule has 1 aliphatic rings. The van der Waals surface area contributed by atoms with Crippen LogP contribution in [0, 0.1) is 24.0 Å². The zero-order chi connectivity index (χ0) is 16.6. The van der Waals surface area contributed by atoms with Gasteiger partial charge >= 0.3 is 0 Å². The predicted molar refractivity (Wildman–Crippen MR) is 88.8 cm³/mol. The number of aryl methyl sites for hydroxylation is 2. The molecule has 5 heteroatoms. The van der Waals surface area contributed by atoms with Gasteiger partial charge in [0.25, 0.3) is 5.69 Å². The smallest absolute Gasteiger partial charge is 0.269 e. The maximum atomic E-state index is 12.6. The summed E-state index contributed by atoms with van der Waals surface area (Å²) in [4.78, 5) is 24.8. The number of hydrogen-bond donors (Lipinski definition) is 0. The van der Waals surface area contributed by atoms with Gasteiger partial charge in [-0.1, -0.05) is 18.2 Å². The van der Waals surface area contributed by atoms with Crippen molar-refractivity contribution in [2.24, 2.45) is 0 Å². The minimum Gasteiger partial charge on any atom is -0.312 e. The topological polar surface area (TPSA) is 63.5 Å². The molecule has 0 atom stereocenters. The van der Waals surface area contributed by atoms with E-state index in [0.29, 0.717) is 19.4 Å². The molecule has 1 amide bonds. The molecule has 0 aromatic heterocycles. The van der Waals surface area contributed by atoms with E-state index in [9.17, 15) is 14.9 Å². The quantitative estimate of drug-likeness (QED) is 0.645. The van der Waals surface area contributed by atoms with E-state index >= 15 is 0 Å². The molecule has 1 heterocycles. The van der Waals surface area contributed by atoms with Gasteiger partial charge in [0.05, 0.1) is 11.3 Å². The molecule has 0 spiro atoms. The highest BCUT2D eigenvalue weighted by molar-refractivity contribution is 5.96. The predicted octanol–water partition coefficient (Wildman–Crippen LogP) is 3.34. The fourth-order valence-electron chi connectivity index (χ4n) is 2.94. The van der Waals surface area contributed by atoms with Gasteiger partial charge in [-0.15, -0.1) is 0 Å². The Labute approximate surface area is 134 Å². The highest BCUT2D eigenvalue weighted by atomic mass is 16.6. The van der Waals surface area contributed by atoms with Gasteiger partial charge in [0.15, 0.2) is 0 Å². The van der Waals surface area contributed by atoms with E-state index in [1.807, 2.05) is 32.0 Å². The molecular weight excluding hydrogens is 292 g/mol. The van der Waals surface area contributed by atoms with Crippen molar-refractivity contribution < 1.29 is 9.72 Å². The Kier molecular flexibility index (Phi) is 3.86. The van der Waals surface area contributed by atoms with E-state index in [1.54, 1.807) is 17.0 Å². The van der Waals surface area contributed by atoms with Gasteiger partial charge in [-0.2, -0.15) is 0 Å². The Balaban J connectivity index is 1.80. The van der Waals surface area contributed by atoms with Gasteiger partial charge in [0.1, 0.15) is 0 Å². The molecule has 0 radical (unpaired) electrons. The second-order valence-corrected chi connectivity index (χ2v) is 5.96. The normalized spacial score (nSPS) is 13.0. The van der Waals surface area contributed by atoms with Gasteiger partial charge in [-0.3, -0.25) is 14.9 Å². The van der Waals surface area contributed by atoms with Gasteiger partial charge in [-0.05, 0) is 48.6 Å². The second kappa shape index (κ2) is 5.83. The number of nitrogens with zero attached hydrogens (tertiary/aromatic N) is 2. The molecule has 2 aromatic rings. The van der Waals surface area contributed by atoms with E-state index in [2.05, 4.69) is 0 Å². The number of benzene rings is 2. The fourth-order valence-corrected chi connectivity index (χ4v) is 2.94. The average Bonchev–Trinajstić information content (AvgIpc) is 2.94. The van der Waals surface area contributed by atoms with Crippen molar-refractivity contribution in [3.05, 3.63) is 68.8 Å². The average molecular weight is 310 g/mol. The molecule has 118 valence electrons. The van der Waals surface area contributed by atoms with E-state index < -0.39 is 4.92 Å². The Morgan fingerprint density at radius 3 is 2.65 bits per heavy atom. The van der Waals surface area contributed by atoms with Crippen molar-refractivity contribution in [3.8, 4) is 0 Å². The van der Waals surface area contributed by atoms with E-state index in [0.717, 1.165) is 16.8 Å². The molecule has 1 aliphatic heterocycles. The summed E-state index contributed by atoms with van der Waals surface area (Å²) in [5.41, 5.74) is 5.12. The van der Waals surface area contributed by atoms with Gasteiger partial charge < -0.3 is 4.90 Å². The first-order chi connectivity index (χ1) is 11.0. The molecule has 0 fully saturated rings. The zero-order valence-electron chi connectivity index (χ0n) is 13.2. The van der Waals surface area contributed by atoms with Crippen LogP contribution >= 0.6 is 0 Å². The Morgan fingerprint density at radius 1 is 1.17 bits per heavy atom. The van der Waals surface area contributed by atoms with Crippen LogP contribution in [0.4, 0.5) is 11.4 Å². The molecule has 23 heavy (non-hydrogen) atoms. The van der Waals surface area contributed by atoms with Crippen molar-refractivity contribution in [2.75, 3.05) is 11.4 Å². The van der Waals surface area contributed by atoms with E-state index in [4.69, 9.17) is 0 Å². The van der Waals surface area contributed by atoms with Crippen molar-refractivity contribution in [1.82, 2.24) is 0 Å². The summed E-state index contributed by atoms with van der Waals surface area (Å²) in [5.74, 6) is 0.0286. The number of amides is 1. The Bertz CT molecular complexity index is 799. The third-order valence-electron chi connectivity index (χ3n) is 4.40. The lowest BCUT2D eigenvalue weighted by molar-refractivity contribution is -0.384. The number of nitro groups is 1. The van der Waals surface area contributed by atoms with Crippen molar-refractivity contribution >= 4 is 17.3 Å². The third kappa shape index (κ3) is 2.95. The van der Waals surface area contributed by atoms with Crippen LogP contribution in [0.2, 0.25) is 0 Å². The van der Waals surface area contributed by atoms with Crippen molar-refractivity contribution in [1.29, 1.82) is 0 Å². The summed E-state index contributed by atoms with van der Waals surface area (Å²) >= 11 is 0. The molecule has 0 N–H and O–H groups in total. The number of carbonyl (C=O) groups excluding carboxylic acids is 1. The number of nitro benzene ring substituents is 1. The van der Waals surface area contributed by atoms with Gasteiger partial charge in [-0.25, -0.2) is 0 Å². The Morgan fingerprint density at radius 2 is 1.96 bits per heavy atom. The fraction of sp³-hybridized carbons (Fsp3) is 0.278. The summed E-state index contributed by atoms with van der Waals surface area (Å²) in [7, 11) is 0. The van der Waals surface area contributed by atoms with Crippen molar-refractivity contribution in [3.63, 3.8) is 0 Å². The minimum absolute atomic E-state index is 0.0286. The minimum atomic E-state index is -0.403. The summed E-state index contributed by atoms with van der Waals surface area (Å²) < 4.78 is 0. The summed E-state index contributed by atoms with van der Waals surface area (Å²) in [5, 5.41) is 10.8. The van der Waals surface area contributed by atoms with Crippen LogP contribution in [-0.2, 0) is 17.6 Å². The van der Waals surface area contributed by atoms with Crippen LogP contribution in [-0.4, -0.2) is 17.4 Å². The molecule has 5 nitrogen and oxygen atoms in total. The molecule has 3 rings (SSSR count).